The molecule has 0 radical (unpaired) electrons. The number of carboxylic acid groups (broad SMARTS) is 1. The molecule has 0 bridgehead atoms. The maximum absolute atomic E-state index is 11.1. The van der Waals surface area contributed by atoms with Gasteiger partial charge in [0.25, 0.3) is 0 Å². The van der Waals surface area contributed by atoms with E-state index in [1.807, 2.05) is 18.2 Å². The van der Waals surface area contributed by atoms with Crippen LogP contribution >= 0.6 is 0 Å². The molecule has 19 heavy (non-hydrogen) atoms. The average molecular weight is 263 g/mol. The predicted molar refractivity (Wildman–Crippen MR) is 79.7 cm³/mol. The third-order valence-electron chi connectivity index (χ3n) is 3.38. The summed E-state index contributed by atoms with van der Waals surface area (Å²) < 4.78 is 0. The fourth-order valence-corrected chi connectivity index (χ4v) is 1.91. The van der Waals surface area contributed by atoms with Gasteiger partial charge < -0.3 is 10.4 Å². The molecule has 0 amide bonds. The van der Waals surface area contributed by atoms with Crippen molar-refractivity contribution in [1.29, 1.82) is 0 Å². The molecule has 3 nitrogen and oxygen atoms in total. The molecule has 0 aromatic heterocycles. The standard InChI is InChI=1S/C16H25NO2/c1-15(2,3)12-8-6-7-9-13(12)17-11-10-16(4,5)14(18)19/h6-9,17H,10-11H2,1-5H3,(H,18,19). The van der Waals surface area contributed by atoms with Gasteiger partial charge >= 0.3 is 5.97 Å². The first kappa shape index (κ1) is 15.5. The van der Waals surface area contributed by atoms with Crippen molar-refractivity contribution in [3.8, 4) is 0 Å². The Balaban J connectivity index is 2.72. The van der Waals surface area contributed by atoms with Crippen LogP contribution in [0.5, 0.6) is 0 Å². The van der Waals surface area contributed by atoms with Gasteiger partial charge in [0.1, 0.15) is 0 Å². The third-order valence-corrected chi connectivity index (χ3v) is 3.38. The first-order valence-corrected chi connectivity index (χ1v) is 6.71. The molecular weight excluding hydrogens is 238 g/mol. The van der Waals surface area contributed by atoms with E-state index >= 15 is 0 Å². The topological polar surface area (TPSA) is 49.3 Å². The lowest BCUT2D eigenvalue weighted by Gasteiger charge is -2.25. The van der Waals surface area contributed by atoms with Gasteiger partial charge in [-0.05, 0) is 37.3 Å². The number of carboxylic acids is 1. The van der Waals surface area contributed by atoms with E-state index < -0.39 is 11.4 Å². The molecule has 0 unspecified atom stereocenters. The Kier molecular flexibility index (Phi) is 4.61. The van der Waals surface area contributed by atoms with E-state index in [1.165, 1.54) is 5.56 Å². The third kappa shape index (κ3) is 4.27. The Morgan fingerprint density at radius 3 is 2.26 bits per heavy atom. The SMILES string of the molecule is CC(C)(CCNc1ccccc1C(C)(C)C)C(=O)O. The summed E-state index contributed by atoms with van der Waals surface area (Å²) in [7, 11) is 0. The second kappa shape index (κ2) is 5.64. The molecule has 1 aromatic carbocycles. The number of rotatable bonds is 5. The minimum Gasteiger partial charge on any atom is -0.481 e. The smallest absolute Gasteiger partial charge is 0.309 e. The number of nitrogens with one attached hydrogen (secondary N) is 1. The van der Waals surface area contributed by atoms with Crippen molar-refractivity contribution in [3.63, 3.8) is 0 Å². The number of aliphatic carboxylic acids is 1. The van der Waals surface area contributed by atoms with E-state index in [4.69, 9.17) is 5.11 Å². The van der Waals surface area contributed by atoms with Crippen molar-refractivity contribution in [2.24, 2.45) is 5.41 Å². The van der Waals surface area contributed by atoms with Crippen LogP contribution in [0, 0.1) is 5.41 Å². The Morgan fingerprint density at radius 2 is 1.74 bits per heavy atom. The molecule has 3 heteroatoms. The molecule has 0 saturated carbocycles. The van der Waals surface area contributed by atoms with Gasteiger partial charge in [-0.1, -0.05) is 39.0 Å². The number of benzene rings is 1. The van der Waals surface area contributed by atoms with E-state index in [9.17, 15) is 4.79 Å². The lowest BCUT2D eigenvalue weighted by Crippen LogP contribution is -2.26. The molecule has 2 N–H and O–H groups in total. The van der Waals surface area contributed by atoms with Crippen molar-refractivity contribution < 1.29 is 9.90 Å². The number of carbonyl (C=O) groups is 1. The quantitative estimate of drug-likeness (QED) is 0.847. The highest BCUT2D eigenvalue weighted by molar-refractivity contribution is 5.73. The van der Waals surface area contributed by atoms with Crippen LogP contribution < -0.4 is 5.32 Å². The first-order valence-electron chi connectivity index (χ1n) is 6.71. The average Bonchev–Trinajstić information content (AvgIpc) is 2.27. The molecule has 106 valence electrons. The normalized spacial score (nSPS) is 12.3. The number of hydrogen-bond acceptors (Lipinski definition) is 2. The Bertz CT molecular complexity index is 444. The highest BCUT2D eigenvalue weighted by atomic mass is 16.4. The summed E-state index contributed by atoms with van der Waals surface area (Å²) in [6.07, 6.45) is 0.598. The molecule has 0 fully saturated rings. The first-order chi connectivity index (χ1) is 8.64. The highest BCUT2D eigenvalue weighted by Crippen LogP contribution is 2.29. The van der Waals surface area contributed by atoms with Crippen LogP contribution in [0.1, 0.15) is 46.6 Å². The van der Waals surface area contributed by atoms with Crippen LogP contribution in [0.3, 0.4) is 0 Å². The van der Waals surface area contributed by atoms with Gasteiger partial charge in [-0.2, -0.15) is 0 Å². The van der Waals surface area contributed by atoms with Gasteiger partial charge in [0.2, 0.25) is 0 Å². The minimum atomic E-state index is -0.751. The van der Waals surface area contributed by atoms with Crippen LogP contribution in [0.2, 0.25) is 0 Å². The highest BCUT2D eigenvalue weighted by Gasteiger charge is 2.26. The van der Waals surface area contributed by atoms with Crippen LogP contribution in [0.15, 0.2) is 24.3 Å². The largest absolute Gasteiger partial charge is 0.481 e. The van der Waals surface area contributed by atoms with Crippen LogP contribution in [0.25, 0.3) is 0 Å². The molecule has 0 atom stereocenters. The van der Waals surface area contributed by atoms with Crippen LogP contribution in [0.4, 0.5) is 5.69 Å². The number of para-hydroxylation sites is 1. The molecule has 0 saturated heterocycles. The van der Waals surface area contributed by atoms with Crippen molar-refractivity contribution in [3.05, 3.63) is 29.8 Å². The van der Waals surface area contributed by atoms with E-state index in [1.54, 1.807) is 13.8 Å². The van der Waals surface area contributed by atoms with E-state index in [2.05, 4.69) is 32.2 Å². The predicted octanol–water partition coefficient (Wildman–Crippen LogP) is 3.90. The van der Waals surface area contributed by atoms with Gasteiger partial charge in [-0.3, -0.25) is 4.79 Å². The van der Waals surface area contributed by atoms with Gasteiger partial charge in [0, 0.05) is 12.2 Å². The lowest BCUT2D eigenvalue weighted by atomic mass is 9.85. The lowest BCUT2D eigenvalue weighted by molar-refractivity contribution is -0.147. The second-order valence-corrected chi connectivity index (χ2v) is 6.66. The summed E-state index contributed by atoms with van der Waals surface area (Å²) >= 11 is 0. The summed E-state index contributed by atoms with van der Waals surface area (Å²) in [5.74, 6) is -0.751. The number of hydrogen-bond donors (Lipinski definition) is 2. The van der Waals surface area contributed by atoms with Crippen LogP contribution in [-0.2, 0) is 10.2 Å². The van der Waals surface area contributed by atoms with Crippen molar-refractivity contribution >= 4 is 11.7 Å². The Labute approximate surface area is 116 Å². The zero-order valence-corrected chi connectivity index (χ0v) is 12.6. The zero-order valence-electron chi connectivity index (χ0n) is 12.6. The fourth-order valence-electron chi connectivity index (χ4n) is 1.91. The molecule has 0 heterocycles. The summed E-state index contributed by atoms with van der Waals surface area (Å²) in [5, 5.41) is 12.5. The maximum atomic E-state index is 11.1. The summed E-state index contributed by atoms with van der Waals surface area (Å²) in [5.41, 5.74) is 1.73. The second-order valence-electron chi connectivity index (χ2n) is 6.66. The van der Waals surface area contributed by atoms with Gasteiger partial charge in [-0.15, -0.1) is 0 Å². The summed E-state index contributed by atoms with van der Waals surface area (Å²) in [6.45, 7) is 10.7. The van der Waals surface area contributed by atoms with Crippen molar-refractivity contribution in [2.75, 3.05) is 11.9 Å². The van der Waals surface area contributed by atoms with Gasteiger partial charge in [-0.25, -0.2) is 0 Å². The van der Waals surface area contributed by atoms with E-state index in [0.29, 0.717) is 13.0 Å². The monoisotopic (exact) mass is 263 g/mol. The molecule has 0 spiro atoms. The summed E-state index contributed by atoms with van der Waals surface area (Å²) in [6, 6.07) is 8.20. The zero-order chi connectivity index (χ0) is 14.7. The molecule has 1 rings (SSSR count). The van der Waals surface area contributed by atoms with Gasteiger partial charge in [0.05, 0.1) is 5.41 Å². The Morgan fingerprint density at radius 1 is 1.16 bits per heavy atom. The van der Waals surface area contributed by atoms with Crippen molar-refractivity contribution in [2.45, 2.75) is 46.5 Å². The molecule has 0 aliphatic carbocycles. The molecule has 0 aliphatic heterocycles. The van der Waals surface area contributed by atoms with E-state index in [-0.39, 0.29) is 5.41 Å². The molecule has 0 aliphatic rings. The fraction of sp³-hybridized carbons (Fsp3) is 0.562. The van der Waals surface area contributed by atoms with Gasteiger partial charge in [0.15, 0.2) is 0 Å². The van der Waals surface area contributed by atoms with Crippen molar-refractivity contribution in [1.82, 2.24) is 0 Å². The minimum absolute atomic E-state index is 0.0753. The maximum Gasteiger partial charge on any atom is 0.309 e. The Hall–Kier alpha value is -1.51. The van der Waals surface area contributed by atoms with E-state index in [0.717, 1.165) is 5.69 Å². The number of anilines is 1. The molecule has 1 aromatic rings. The van der Waals surface area contributed by atoms with Crippen LogP contribution in [-0.4, -0.2) is 17.6 Å². The molecular formula is C16H25NO2. The summed E-state index contributed by atoms with van der Waals surface area (Å²) in [4.78, 5) is 11.1.